The van der Waals surface area contributed by atoms with Gasteiger partial charge in [-0.3, -0.25) is 19.1 Å². The van der Waals surface area contributed by atoms with Crippen molar-refractivity contribution >= 4 is 68.9 Å². The predicted molar refractivity (Wildman–Crippen MR) is 254 cm³/mol. The molecule has 0 radical (unpaired) electrons. The Balaban J connectivity index is 0.875. The van der Waals surface area contributed by atoms with Gasteiger partial charge in [0.1, 0.15) is 34.6 Å². The summed E-state index contributed by atoms with van der Waals surface area (Å²) in [5, 5.41) is 4.54. The summed E-state index contributed by atoms with van der Waals surface area (Å²) in [5.74, 6) is 4.36. The first-order valence-corrected chi connectivity index (χ1v) is 21.0. The number of ether oxygens (including phenoxy) is 2. The molecule has 0 aliphatic rings. The summed E-state index contributed by atoms with van der Waals surface area (Å²) < 4.78 is 17.4. The maximum Gasteiger partial charge on any atom is 0.137 e. The van der Waals surface area contributed by atoms with Crippen LogP contribution in [0.15, 0.2) is 180 Å². The number of hydrogen-bond acceptors (Lipinski definition) is 8. The molecule has 0 bridgehead atoms. The molecule has 0 N–H and O–H groups in total. The van der Waals surface area contributed by atoms with Crippen LogP contribution >= 0.6 is 25.3 Å². The van der Waals surface area contributed by atoms with E-state index in [0.29, 0.717) is 34.4 Å². The molecule has 0 amide bonds. The molecule has 0 atom stereocenters. The van der Waals surface area contributed by atoms with E-state index in [-0.39, 0.29) is 0 Å². The highest BCUT2D eigenvalue weighted by atomic mass is 32.1. The molecule has 6 aromatic carbocycles. The van der Waals surface area contributed by atoms with Gasteiger partial charge >= 0.3 is 0 Å². The zero-order valence-corrected chi connectivity index (χ0v) is 35.3. The average molecular weight is 841 g/mol. The van der Waals surface area contributed by atoms with Crippen molar-refractivity contribution in [2.45, 2.75) is 23.6 Å². The highest BCUT2D eigenvalue weighted by Gasteiger charge is 2.17. The molecule has 10 heteroatoms. The second kappa shape index (κ2) is 15.3. The van der Waals surface area contributed by atoms with Crippen LogP contribution in [0.4, 0.5) is 0 Å². The van der Waals surface area contributed by atoms with Crippen LogP contribution in [0.25, 0.3) is 77.8 Å². The van der Waals surface area contributed by atoms with Gasteiger partial charge in [0, 0.05) is 67.0 Å². The smallest absolute Gasteiger partial charge is 0.137 e. The van der Waals surface area contributed by atoms with E-state index in [1.54, 1.807) is 12.4 Å². The number of fused-ring (bicyclic) bond motifs is 6. The number of nitrogens with zero attached hydrogens (tertiary/aromatic N) is 6. The number of pyridine rings is 2. The van der Waals surface area contributed by atoms with Crippen molar-refractivity contribution < 1.29 is 9.47 Å². The Morgan fingerprint density at radius 3 is 1.27 bits per heavy atom. The summed E-state index contributed by atoms with van der Waals surface area (Å²) in [7, 11) is 0. The molecule has 0 saturated carbocycles. The summed E-state index contributed by atoms with van der Waals surface area (Å²) in [6, 6.07) is 48.9. The summed E-state index contributed by atoms with van der Waals surface area (Å²) in [4.78, 5) is 20.6. The van der Waals surface area contributed by atoms with Gasteiger partial charge in [-0.1, -0.05) is 36.4 Å². The molecule has 0 unspecified atom stereocenters. The van der Waals surface area contributed by atoms with Crippen LogP contribution in [-0.2, 0) is 0 Å². The molecule has 0 fully saturated rings. The van der Waals surface area contributed by atoms with E-state index in [4.69, 9.17) is 54.7 Å². The van der Waals surface area contributed by atoms with Crippen molar-refractivity contribution in [2.75, 3.05) is 0 Å². The summed E-state index contributed by atoms with van der Waals surface area (Å²) in [6.07, 6.45) is 7.22. The van der Waals surface area contributed by atoms with Gasteiger partial charge in [0.25, 0.3) is 0 Å². The van der Waals surface area contributed by atoms with Crippen molar-refractivity contribution in [3.05, 3.63) is 182 Å². The minimum Gasteiger partial charge on any atom is -0.457 e. The maximum absolute atomic E-state index is 6.52. The third-order valence-electron chi connectivity index (χ3n) is 11.0. The van der Waals surface area contributed by atoms with Crippen LogP contribution in [0.2, 0.25) is 0 Å². The molecular weight excluding hydrogens is 805 g/mol. The fourth-order valence-electron chi connectivity index (χ4n) is 8.28. The monoisotopic (exact) mass is 840 g/mol. The lowest BCUT2D eigenvalue weighted by atomic mass is 10.1. The van der Waals surface area contributed by atoms with Crippen LogP contribution in [-0.4, -0.2) is 29.1 Å². The molecular formula is C52H36N6O2S2. The molecule has 298 valence electrons. The topological polar surface area (TPSA) is 79.9 Å². The standard InChI is InChI=1S/C52H36N6O2S2/c1-31-15-17-53-51(19-31)57-47-9-5-3-7-41(47)43-13-11-35(27-49(43)57)59-37-21-33(23-39(61)25-37)45-29-56-46(30-55-45)34-22-38(26-40(62)24-34)60-36-12-14-44-42-8-4-6-10-48(42)58(50(44)28-36)52-20-32(2)16-18-54-52/h3-30,61-62H,1-2H3. The van der Waals surface area contributed by atoms with Gasteiger partial charge in [-0.15, -0.1) is 25.3 Å². The van der Waals surface area contributed by atoms with Crippen molar-refractivity contribution in [2.24, 2.45) is 0 Å². The van der Waals surface area contributed by atoms with E-state index in [1.807, 2.05) is 73.1 Å². The summed E-state index contributed by atoms with van der Waals surface area (Å²) >= 11 is 9.48. The number of aromatic nitrogens is 6. The summed E-state index contributed by atoms with van der Waals surface area (Å²) in [6.45, 7) is 4.15. The first-order chi connectivity index (χ1) is 30.3. The van der Waals surface area contributed by atoms with Gasteiger partial charge in [0.05, 0.1) is 45.8 Å². The molecule has 5 aromatic heterocycles. The zero-order chi connectivity index (χ0) is 41.9. The number of thiol groups is 2. The Labute approximate surface area is 367 Å². The molecule has 0 aliphatic heterocycles. The zero-order valence-electron chi connectivity index (χ0n) is 33.6. The highest BCUT2D eigenvalue weighted by Crippen LogP contribution is 2.38. The van der Waals surface area contributed by atoms with E-state index in [9.17, 15) is 0 Å². The van der Waals surface area contributed by atoms with E-state index in [2.05, 4.69) is 108 Å². The van der Waals surface area contributed by atoms with Gasteiger partial charge in [0.2, 0.25) is 0 Å². The van der Waals surface area contributed by atoms with E-state index in [1.165, 1.54) is 0 Å². The Morgan fingerprint density at radius 1 is 0.403 bits per heavy atom. The first-order valence-electron chi connectivity index (χ1n) is 20.1. The minimum atomic E-state index is 0.632. The molecule has 0 spiro atoms. The van der Waals surface area contributed by atoms with Gasteiger partial charge in [-0.2, -0.15) is 0 Å². The van der Waals surface area contributed by atoms with E-state index < -0.39 is 0 Å². The normalized spacial score (nSPS) is 11.5. The molecule has 11 aromatic rings. The van der Waals surface area contributed by atoms with Crippen LogP contribution in [0.3, 0.4) is 0 Å². The fourth-order valence-corrected chi connectivity index (χ4v) is 8.82. The van der Waals surface area contributed by atoms with Gasteiger partial charge in [-0.25, -0.2) is 9.97 Å². The molecule has 62 heavy (non-hydrogen) atoms. The van der Waals surface area contributed by atoms with Crippen LogP contribution in [0.5, 0.6) is 23.0 Å². The SMILES string of the molecule is Cc1ccnc(-n2c3ccccc3c3ccc(Oc4cc(S)cc(-c5cnc(-c6cc(S)cc(Oc7ccc8c9ccccc9n(-c9cc(C)ccn9)c8c7)c6)cn5)c4)cc32)c1. The Morgan fingerprint density at radius 2 is 0.839 bits per heavy atom. The Hall–Kier alpha value is -7.40. The van der Waals surface area contributed by atoms with Crippen molar-refractivity contribution in [1.82, 2.24) is 29.1 Å². The van der Waals surface area contributed by atoms with Gasteiger partial charge < -0.3 is 9.47 Å². The predicted octanol–water partition coefficient (Wildman–Crippen LogP) is 13.6. The van der Waals surface area contributed by atoms with Crippen LogP contribution in [0, 0.1) is 13.8 Å². The molecule has 11 rings (SSSR count). The lowest BCUT2D eigenvalue weighted by Gasteiger charge is -2.12. The lowest BCUT2D eigenvalue weighted by Crippen LogP contribution is -1.97. The fraction of sp³-hybridized carbons (Fsp3) is 0.0385. The van der Waals surface area contributed by atoms with Gasteiger partial charge in [0.15, 0.2) is 0 Å². The van der Waals surface area contributed by atoms with Gasteiger partial charge in [-0.05, 0) is 122 Å². The second-order valence-electron chi connectivity index (χ2n) is 15.4. The van der Waals surface area contributed by atoms with E-state index >= 15 is 0 Å². The van der Waals surface area contributed by atoms with Crippen LogP contribution in [0.1, 0.15) is 11.1 Å². The Kier molecular flexibility index (Phi) is 9.25. The third-order valence-corrected chi connectivity index (χ3v) is 11.6. The number of aryl methyl sites for hydroxylation is 2. The number of hydrogen-bond donors (Lipinski definition) is 2. The van der Waals surface area contributed by atoms with Crippen LogP contribution < -0.4 is 9.47 Å². The van der Waals surface area contributed by atoms with Crippen molar-refractivity contribution in [3.8, 4) is 57.1 Å². The maximum atomic E-state index is 6.52. The minimum absolute atomic E-state index is 0.632. The largest absolute Gasteiger partial charge is 0.457 e. The number of para-hydroxylation sites is 2. The molecule has 0 saturated heterocycles. The molecule has 5 heterocycles. The quantitative estimate of drug-likeness (QED) is 0.148. The van der Waals surface area contributed by atoms with E-state index in [0.717, 1.165) is 87.3 Å². The first kappa shape index (κ1) is 37.6. The third kappa shape index (κ3) is 6.89. The number of benzene rings is 6. The Bertz CT molecular complexity index is 3310. The van der Waals surface area contributed by atoms with Crippen molar-refractivity contribution in [3.63, 3.8) is 0 Å². The summed E-state index contributed by atoms with van der Waals surface area (Å²) in [5.41, 5.74) is 9.46. The average Bonchev–Trinajstić information content (AvgIpc) is 3.78. The lowest BCUT2D eigenvalue weighted by molar-refractivity contribution is 0.482. The highest BCUT2D eigenvalue weighted by molar-refractivity contribution is 7.80. The second-order valence-corrected chi connectivity index (χ2v) is 16.4. The van der Waals surface area contributed by atoms with Crippen molar-refractivity contribution in [1.29, 1.82) is 0 Å². The molecule has 8 nitrogen and oxygen atoms in total. The molecule has 0 aliphatic carbocycles. The number of rotatable bonds is 8.